The van der Waals surface area contributed by atoms with Crippen LogP contribution in [0.5, 0.6) is 0 Å². The first-order chi connectivity index (χ1) is 10.1. The fourth-order valence-corrected chi connectivity index (χ4v) is 1.90. The van der Waals surface area contributed by atoms with Gasteiger partial charge in [0.05, 0.1) is 16.3 Å². The maximum atomic E-state index is 13.5. The van der Waals surface area contributed by atoms with Crippen LogP contribution in [0.15, 0.2) is 36.5 Å². The normalized spacial score (nSPS) is 10.2. The van der Waals surface area contributed by atoms with E-state index in [1.807, 2.05) is 6.92 Å². The number of carbonyl (C=O) groups is 1. The van der Waals surface area contributed by atoms with E-state index in [2.05, 4.69) is 15.6 Å². The number of benzene rings is 1. The van der Waals surface area contributed by atoms with E-state index in [0.717, 1.165) is 13.0 Å². The Balaban J connectivity index is 2.20. The minimum Gasteiger partial charge on any atom is -0.370 e. The average Bonchev–Trinajstić information content (AvgIpc) is 2.48. The molecule has 0 aliphatic carbocycles. The monoisotopic (exact) mass is 307 g/mol. The molecule has 1 aromatic carbocycles. The van der Waals surface area contributed by atoms with Crippen molar-refractivity contribution < 1.29 is 9.18 Å². The molecule has 1 aromatic heterocycles. The van der Waals surface area contributed by atoms with Crippen molar-refractivity contribution in [2.24, 2.45) is 0 Å². The fourth-order valence-electron chi connectivity index (χ4n) is 1.71. The van der Waals surface area contributed by atoms with E-state index >= 15 is 0 Å². The Kier molecular flexibility index (Phi) is 5.11. The third kappa shape index (κ3) is 3.92. The third-order valence-electron chi connectivity index (χ3n) is 2.78. The van der Waals surface area contributed by atoms with Gasteiger partial charge in [0.1, 0.15) is 11.6 Å². The number of hydrogen-bond acceptors (Lipinski definition) is 3. The Bertz CT molecular complexity index is 649. The molecule has 1 heterocycles. The molecule has 0 fully saturated rings. The molecule has 0 unspecified atom stereocenters. The predicted molar refractivity (Wildman–Crippen MR) is 82.4 cm³/mol. The van der Waals surface area contributed by atoms with Crippen molar-refractivity contribution in [1.29, 1.82) is 0 Å². The van der Waals surface area contributed by atoms with Gasteiger partial charge in [0.15, 0.2) is 0 Å². The van der Waals surface area contributed by atoms with Crippen molar-refractivity contribution in [3.63, 3.8) is 0 Å². The van der Waals surface area contributed by atoms with Crippen LogP contribution >= 0.6 is 11.6 Å². The molecule has 2 rings (SSSR count). The van der Waals surface area contributed by atoms with Gasteiger partial charge in [-0.2, -0.15) is 0 Å². The molecule has 6 heteroatoms. The summed E-state index contributed by atoms with van der Waals surface area (Å²) in [5, 5.41) is 5.78. The largest absolute Gasteiger partial charge is 0.370 e. The van der Waals surface area contributed by atoms with Crippen molar-refractivity contribution in [1.82, 2.24) is 4.98 Å². The van der Waals surface area contributed by atoms with E-state index in [1.165, 1.54) is 18.3 Å². The molecular formula is C15H15ClFN3O. The van der Waals surface area contributed by atoms with Crippen LogP contribution in [0.3, 0.4) is 0 Å². The van der Waals surface area contributed by atoms with Gasteiger partial charge in [-0.25, -0.2) is 9.37 Å². The van der Waals surface area contributed by atoms with Gasteiger partial charge in [-0.1, -0.05) is 30.7 Å². The molecule has 110 valence electrons. The number of pyridine rings is 1. The summed E-state index contributed by atoms with van der Waals surface area (Å²) in [5.41, 5.74) is 0.354. The zero-order valence-corrected chi connectivity index (χ0v) is 12.2. The summed E-state index contributed by atoms with van der Waals surface area (Å²) < 4.78 is 13.5. The first-order valence-electron chi connectivity index (χ1n) is 6.57. The molecular weight excluding hydrogens is 293 g/mol. The second kappa shape index (κ2) is 7.04. The van der Waals surface area contributed by atoms with Crippen LogP contribution in [0.2, 0.25) is 5.02 Å². The third-order valence-corrected chi connectivity index (χ3v) is 3.08. The Morgan fingerprint density at radius 3 is 2.86 bits per heavy atom. The van der Waals surface area contributed by atoms with E-state index in [0.29, 0.717) is 5.82 Å². The maximum Gasteiger partial charge on any atom is 0.257 e. The summed E-state index contributed by atoms with van der Waals surface area (Å²) in [4.78, 5) is 16.3. The second-order valence-electron chi connectivity index (χ2n) is 4.41. The number of anilines is 2. The number of para-hydroxylation sites is 1. The lowest BCUT2D eigenvalue weighted by molar-refractivity contribution is 0.102. The van der Waals surface area contributed by atoms with Gasteiger partial charge < -0.3 is 10.6 Å². The number of aromatic nitrogens is 1. The average molecular weight is 308 g/mol. The standard InChI is InChI=1S/C15H15ClFN3O/c1-2-7-18-14-8-10(11(16)9-19-14)15(21)20-13-6-4-3-5-12(13)17/h3-6,8-9H,2,7H2,1H3,(H,18,19)(H,20,21). The summed E-state index contributed by atoms with van der Waals surface area (Å²) >= 11 is 5.99. The van der Waals surface area contributed by atoms with Crippen molar-refractivity contribution in [2.75, 3.05) is 17.2 Å². The molecule has 0 bridgehead atoms. The summed E-state index contributed by atoms with van der Waals surface area (Å²) in [6.07, 6.45) is 2.33. The molecule has 0 saturated carbocycles. The van der Waals surface area contributed by atoms with Gasteiger partial charge >= 0.3 is 0 Å². The number of carbonyl (C=O) groups excluding carboxylic acids is 1. The molecule has 2 N–H and O–H groups in total. The summed E-state index contributed by atoms with van der Waals surface area (Å²) in [6.45, 7) is 2.76. The molecule has 0 saturated heterocycles. The lowest BCUT2D eigenvalue weighted by Gasteiger charge is -2.09. The topological polar surface area (TPSA) is 54.0 Å². The summed E-state index contributed by atoms with van der Waals surface area (Å²) in [7, 11) is 0. The lowest BCUT2D eigenvalue weighted by atomic mass is 10.2. The van der Waals surface area contributed by atoms with Crippen LogP contribution < -0.4 is 10.6 Å². The predicted octanol–water partition coefficient (Wildman–Crippen LogP) is 3.95. The first-order valence-corrected chi connectivity index (χ1v) is 6.95. The molecule has 2 aromatic rings. The number of nitrogens with one attached hydrogen (secondary N) is 2. The van der Waals surface area contributed by atoms with Crippen LogP contribution in [0, 0.1) is 5.82 Å². The summed E-state index contributed by atoms with van der Waals surface area (Å²) in [5.74, 6) is -0.424. The number of rotatable bonds is 5. The Morgan fingerprint density at radius 2 is 2.14 bits per heavy atom. The van der Waals surface area contributed by atoms with Crippen molar-refractivity contribution in [2.45, 2.75) is 13.3 Å². The van der Waals surface area contributed by atoms with Gasteiger partial charge in [0.2, 0.25) is 0 Å². The smallest absolute Gasteiger partial charge is 0.257 e. The maximum absolute atomic E-state index is 13.5. The molecule has 0 radical (unpaired) electrons. The molecule has 0 atom stereocenters. The van der Waals surface area contributed by atoms with Crippen LogP contribution in [-0.2, 0) is 0 Å². The molecule has 1 amide bonds. The van der Waals surface area contributed by atoms with Crippen molar-refractivity contribution in [3.05, 3.63) is 52.9 Å². The van der Waals surface area contributed by atoms with Crippen molar-refractivity contribution >= 4 is 29.0 Å². The van der Waals surface area contributed by atoms with E-state index in [-0.39, 0.29) is 16.3 Å². The van der Waals surface area contributed by atoms with Gasteiger partial charge in [-0.05, 0) is 24.6 Å². The minimum atomic E-state index is -0.500. The first kappa shape index (κ1) is 15.3. The Morgan fingerprint density at radius 1 is 1.38 bits per heavy atom. The van der Waals surface area contributed by atoms with E-state index < -0.39 is 11.7 Å². The molecule has 0 aliphatic rings. The van der Waals surface area contributed by atoms with E-state index in [1.54, 1.807) is 18.2 Å². The number of amides is 1. The minimum absolute atomic E-state index is 0.110. The Hall–Kier alpha value is -2.14. The molecule has 21 heavy (non-hydrogen) atoms. The van der Waals surface area contributed by atoms with Crippen molar-refractivity contribution in [3.8, 4) is 0 Å². The highest BCUT2D eigenvalue weighted by molar-refractivity contribution is 6.34. The van der Waals surface area contributed by atoms with Gasteiger partial charge in [-0.15, -0.1) is 0 Å². The molecule has 0 aliphatic heterocycles. The van der Waals surface area contributed by atoms with Crippen LogP contribution in [0.25, 0.3) is 0 Å². The number of nitrogens with zero attached hydrogens (tertiary/aromatic N) is 1. The zero-order chi connectivity index (χ0) is 15.2. The summed E-state index contributed by atoms with van der Waals surface area (Å²) in [6, 6.07) is 7.50. The van der Waals surface area contributed by atoms with E-state index in [9.17, 15) is 9.18 Å². The Labute approximate surface area is 127 Å². The molecule has 0 spiro atoms. The number of hydrogen-bond donors (Lipinski definition) is 2. The highest BCUT2D eigenvalue weighted by Gasteiger charge is 2.14. The zero-order valence-electron chi connectivity index (χ0n) is 11.5. The fraction of sp³-hybridized carbons (Fsp3) is 0.200. The highest BCUT2D eigenvalue weighted by atomic mass is 35.5. The van der Waals surface area contributed by atoms with Crippen LogP contribution in [0.4, 0.5) is 15.9 Å². The van der Waals surface area contributed by atoms with Gasteiger partial charge in [-0.3, -0.25) is 4.79 Å². The quantitative estimate of drug-likeness (QED) is 0.879. The van der Waals surface area contributed by atoms with Gasteiger partial charge in [0.25, 0.3) is 5.91 Å². The lowest BCUT2D eigenvalue weighted by Crippen LogP contribution is -2.14. The second-order valence-corrected chi connectivity index (χ2v) is 4.82. The van der Waals surface area contributed by atoms with Crippen LogP contribution in [0.1, 0.15) is 23.7 Å². The SMILES string of the molecule is CCCNc1cc(C(=O)Nc2ccccc2F)c(Cl)cn1. The number of halogens is 2. The van der Waals surface area contributed by atoms with Crippen LogP contribution in [-0.4, -0.2) is 17.4 Å². The highest BCUT2D eigenvalue weighted by Crippen LogP contribution is 2.20. The van der Waals surface area contributed by atoms with Gasteiger partial charge in [0, 0.05) is 12.7 Å². The van der Waals surface area contributed by atoms with E-state index in [4.69, 9.17) is 11.6 Å². The molecule has 4 nitrogen and oxygen atoms in total.